The van der Waals surface area contributed by atoms with Gasteiger partial charge in [0.2, 0.25) is 0 Å². The molecule has 21 rings (SSSR count). The first kappa shape index (κ1) is 61.7. The number of fused-ring (bicyclic) bond motifs is 22. The van der Waals surface area contributed by atoms with Crippen molar-refractivity contribution in [3.8, 4) is 33.4 Å². The van der Waals surface area contributed by atoms with Crippen LogP contribution in [0.4, 0.5) is 0 Å². The van der Waals surface area contributed by atoms with E-state index in [4.69, 9.17) is 24.3 Å². The monoisotopic (exact) mass is 1360 g/mol. The Kier molecular flexibility index (Phi) is 14.7. The van der Waals surface area contributed by atoms with Crippen molar-refractivity contribution < 1.29 is 9.31 Å². The van der Waals surface area contributed by atoms with Crippen LogP contribution in [-0.4, -0.2) is 47.1 Å². The van der Waals surface area contributed by atoms with Gasteiger partial charge in [-0.05, 0) is 173 Å². The van der Waals surface area contributed by atoms with Crippen LogP contribution in [-0.2, 0) is 9.31 Å². The number of hydrogen-bond acceptors (Lipinski definition) is 6. The number of rotatable bonds is 4. The Hall–Kier alpha value is -11.7. The first-order valence-electron chi connectivity index (χ1n) is 34.0. The van der Waals surface area contributed by atoms with Crippen molar-refractivity contribution in [3.63, 3.8) is 0 Å². The summed E-state index contributed by atoms with van der Waals surface area (Å²) in [6, 6.07) is 108. The van der Waals surface area contributed by atoms with Gasteiger partial charge in [0.1, 0.15) is 11.3 Å². The van der Waals surface area contributed by atoms with Crippen LogP contribution < -0.4 is 5.46 Å². The van der Waals surface area contributed by atoms with Crippen LogP contribution in [0.1, 0.15) is 35.1 Å². The summed E-state index contributed by atoms with van der Waals surface area (Å²) in [6.45, 7) is 8.38. The molecular formula is C91H66BBrN6O2. The lowest BCUT2D eigenvalue weighted by molar-refractivity contribution is 0.00578. The Morgan fingerprint density at radius 2 is 0.673 bits per heavy atom. The molecule has 0 bridgehead atoms. The zero-order chi connectivity index (χ0) is 67.0. The molecule has 7 heterocycles. The molecule has 1 aliphatic rings. The van der Waals surface area contributed by atoms with E-state index in [1.54, 1.807) is 0 Å². The van der Waals surface area contributed by atoms with Crippen LogP contribution in [0, 0.1) is 0 Å². The molecule has 20 aromatic rings. The molecule has 0 saturated carbocycles. The van der Waals surface area contributed by atoms with E-state index in [-0.39, 0.29) is 18.6 Å². The third-order valence-electron chi connectivity index (χ3n) is 20.8. The first-order valence-corrected chi connectivity index (χ1v) is 34.8. The highest BCUT2D eigenvalue weighted by molar-refractivity contribution is 9.10. The molecule has 0 radical (unpaired) electrons. The van der Waals surface area contributed by atoms with E-state index in [9.17, 15) is 0 Å². The molecule has 8 nitrogen and oxygen atoms in total. The SMILES string of the molecule is Brc1ccc2c(ccc3nc4ccccc4n32)c1.C.CC1(C)OB(c2cccc(-c3c4ccc5ccccc5c4nc4c3ccc3ccccc34)c2)OC1(C)C.c1cc(-c2ccc3c(ccc4nc5ccccc5n43)c2)cc(-c2c3ccc4ccccc4c3nc3c2ccc2ccccc23)c1. The van der Waals surface area contributed by atoms with Crippen molar-refractivity contribution in [3.05, 3.63) is 308 Å². The maximum atomic E-state index is 6.40. The largest absolute Gasteiger partial charge is 0.494 e. The van der Waals surface area contributed by atoms with Gasteiger partial charge >= 0.3 is 7.12 Å². The van der Waals surface area contributed by atoms with Gasteiger partial charge in [-0.1, -0.05) is 242 Å². The van der Waals surface area contributed by atoms with Crippen LogP contribution in [0.2, 0.25) is 0 Å². The summed E-state index contributed by atoms with van der Waals surface area (Å²) < 4.78 is 18.4. The highest BCUT2D eigenvalue weighted by Gasteiger charge is 2.51. The molecule has 6 aromatic heterocycles. The molecule has 0 atom stereocenters. The maximum absolute atomic E-state index is 6.40. The molecule has 0 unspecified atom stereocenters. The van der Waals surface area contributed by atoms with E-state index in [1.807, 2.05) is 24.3 Å². The zero-order valence-corrected chi connectivity index (χ0v) is 56.9. The number of benzene rings is 14. The average molecular weight is 1370 g/mol. The standard InChI is InChI=1S/C42H25N3.C33H28BNO2.C15H9BrN2.CH4/c1-3-12-32-26(8-1)16-20-34-40(35-21-17-27-9-2-4-13-33(27)42(35)44-41(32)34)31-11-7-10-28(25-31)29-18-22-37-30(24-29)19-23-39-43-36-14-5-6-15-38(36)45(37)39;1-32(2)33(3,4)37-34(36-32)24-13-9-12-23(20-24)29-27-18-16-21-10-5-7-14-25(21)30(27)35-31-26-15-8-6-11-22(26)17-19-28(29)31;16-11-6-7-13-10(9-11)5-8-15-17-12-3-1-2-4-14(12)18(13)15;/h1-25H;5-20H,1-4H3;1-9H;1H4. The van der Waals surface area contributed by atoms with Crippen molar-refractivity contribution >= 4 is 170 Å². The Morgan fingerprint density at radius 3 is 1.15 bits per heavy atom. The fourth-order valence-electron chi connectivity index (χ4n) is 15.2. The third kappa shape index (κ3) is 10.3. The van der Waals surface area contributed by atoms with Gasteiger partial charge in [-0.2, -0.15) is 0 Å². The van der Waals surface area contributed by atoms with Crippen LogP contribution in [0.3, 0.4) is 0 Å². The van der Waals surface area contributed by atoms with E-state index >= 15 is 0 Å². The summed E-state index contributed by atoms with van der Waals surface area (Å²) in [5.74, 6) is 0. The minimum Gasteiger partial charge on any atom is -0.399 e. The van der Waals surface area contributed by atoms with Crippen LogP contribution in [0.15, 0.2) is 308 Å². The summed E-state index contributed by atoms with van der Waals surface area (Å²) in [5.41, 5.74) is 20.1. The second kappa shape index (κ2) is 24.1. The molecule has 10 heteroatoms. The van der Waals surface area contributed by atoms with Crippen molar-refractivity contribution in [2.24, 2.45) is 0 Å². The predicted molar refractivity (Wildman–Crippen MR) is 429 cm³/mol. The quantitative estimate of drug-likeness (QED) is 0.0992. The smallest absolute Gasteiger partial charge is 0.399 e. The highest BCUT2D eigenvalue weighted by atomic mass is 79.9. The topological polar surface area (TPSA) is 78.8 Å². The lowest BCUT2D eigenvalue weighted by Gasteiger charge is -2.32. The fourth-order valence-corrected chi connectivity index (χ4v) is 15.6. The fraction of sp³-hybridized carbons (Fsp3) is 0.0769. The highest BCUT2D eigenvalue weighted by Crippen LogP contribution is 2.44. The molecule has 1 aliphatic heterocycles. The molecule has 1 saturated heterocycles. The summed E-state index contributed by atoms with van der Waals surface area (Å²) in [6.07, 6.45) is 0. The normalized spacial score (nSPS) is 13.6. The number of imidazole rings is 2. The summed E-state index contributed by atoms with van der Waals surface area (Å²) in [7, 11) is -0.411. The van der Waals surface area contributed by atoms with Gasteiger partial charge in [-0.25, -0.2) is 19.9 Å². The first-order chi connectivity index (χ1) is 48.9. The number of nitrogens with zero attached hydrogens (tertiary/aromatic N) is 6. The molecule has 0 amide bonds. The molecular weight excluding hydrogens is 1300 g/mol. The van der Waals surface area contributed by atoms with E-state index < -0.39 is 7.12 Å². The van der Waals surface area contributed by atoms with E-state index in [0.717, 1.165) is 98.0 Å². The number of halogens is 1. The Morgan fingerprint density at radius 1 is 0.297 bits per heavy atom. The minimum atomic E-state index is -0.411. The van der Waals surface area contributed by atoms with E-state index in [0.29, 0.717) is 0 Å². The lowest BCUT2D eigenvalue weighted by atomic mass is 9.77. The van der Waals surface area contributed by atoms with Crippen molar-refractivity contribution in [1.82, 2.24) is 28.7 Å². The van der Waals surface area contributed by atoms with Gasteiger partial charge in [-0.15, -0.1) is 0 Å². The van der Waals surface area contributed by atoms with Gasteiger partial charge in [0.25, 0.3) is 0 Å². The predicted octanol–water partition coefficient (Wildman–Crippen LogP) is 23.7. The average Bonchev–Trinajstić information content (AvgIpc) is 1.63. The minimum absolute atomic E-state index is 0. The Bertz CT molecular complexity index is 6590. The van der Waals surface area contributed by atoms with Crippen LogP contribution in [0.25, 0.3) is 175 Å². The molecule has 0 spiro atoms. The van der Waals surface area contributed by atoms with Gasteiger partial charge < -0.3 is 9.31 Å². The van der Waals surface area contributed by atoms with E-state index in [2.05, 4.69) is 336 Å². The molecule has 1 fully saturated rings. The molecule has 482 valence electrons. The Labute approximate surface area is 592 Å². The van der Waals surface area contributed by atoms with Gasteiger partial charge in [0, 0.05) is 58.7 Å². The summed E-state index contributed by atoms with van der Waals surface area (Å²) in [4.78, 5) is 20.2. The molecule has 0 N–H and O–H groups in total. The van der Waals surface area contributed by atoms with Gasteiger partial charge in [-0.3, -0.25) is 8.80 Å². The van der Waals surface area contributed by atoms with Gasteiger partial charge in [0.15, 0.2) is 0 Å². The second-order valence-electron chi connectivity index (χ2n) is 27.2. The summed E-state index contributed by atoms with van der Waals surface area (Å²) in [5, 5.41) is 16.5. The van der Waals surface area contributed by atoms with Gasteiger partial charge in [0.05, 0.1) is 66.4 Å². The third-order valence-corrected chi connectivity index (χ3v) is 21.3. The van der Waals surface area contributed by atoms with Crippen molar-refractivity contribution in [2.75, 3.05) is 0 Å². The molecule has 0 aliphatic carbocycles. The second-order valence-corrected chi connectivity index (χ2v) is 28.1. The number of hydrogen-bond donors (Lipinski definition) is 0. The summed E-state index contributed by atoms with van der Waals surface area (Å²) >= 11 is 3.51. The molecule has 101 heavy (non-hydrogen) atoms. The van der Waals surface area contributed by atoms with Crippen LogP contribution >= 0.6 is 15.9 Å². The number of aromatic nitrogens is 6. The van der Waals surface area contributed by atoms with Crippen molar-refractivity contribution in [1.29, 1.82) is 0 Å². The zero-order valence-electron chi connectivity index (χ0n) is 55.3. The molecule has 14 aromatic carbocycles. The number of pyridine rings is 4. The van der Waals surface area contributed by atoms with Crippen LogP contribution in [0.5, 0.6) is 0 Å². The number of para-hydroxylation sites is 4. The Balaban J connectivity index is 0.000000117. The maximum Gasteiger partial charge on any atom is 0.494 e. The lowest BCUT2D eigenvalue weighted by Crippen LogP contribution is -2.41. The van der Waals surface area contributed by atoms with E-state index in [1.165, 1.54) is 87.2 Å². The van der Waals surface area contributed by atoms with Crippen molar-refractivity contribution in [2.45, 2.75) is 46.3 Å².